The summed E-state index contributed by atoms with van der Waals surface area (Å²) in [6.07, 6.45) is 0.367. The van der Waals surface area contributed by atoms with E-state index in [9.17, 15) is 14.5 Å². The Kier molecular flexibility index (Phi) is 6.57. The molecular formula is C21H21N6O7P. The lowest BCUT2D eigenvalue weighted by atomic mass is 10.0. The van der Waals surface area contributed by atoms with E-state index >= 15 is 0 Å². The minimum atomic E-state index is -2.97. The van der Waals surface area contributed by atoms with Gasteiger partial charge in [0.05, 0.1) is 38.6 Å². The van der Waals surface area contributed by atoms with Crippen molar-refractivity contribution in [1.82, 2.24) is 19.5 Å². The first-order valence-corrected chi connectivity index (χ1v) is 11.9. The highest BCUT2D eigenvalue weighted by atomic mass is 31.1. The second-order valence-corrected chi connectivity index (χ2v) is 8.94. The molecule has 0 aliphatic carbocycles. The van der Waals surface area contributed by atoms with Crippen LogP contribution in [0.4, 0.5) is 5.82 Å². The third-order valence-electron chi connectivity index (χ3n) is 5.80. The summed E-state index contributed by atoms with van der Waals surface area (Å²) < 4.78 is 36.5. The average Bonchev–Trinajstić information content (AvgIpc) is 3.55. The second-order valence-electron chi connectivity index (χ2n) is 7.92. The number of nitrogens with zero attached hydrogens (tertiary/aromatic N) is 5. The number of aromatic nitrogens is 4. The van der Waals surface area contributed by atoms with Crippen LogP contribution in [0, 0.1) is 11.3 Å². The van der Waals surface area contributed by atoms with Gasteiger partial charge in [-0.2, -0.15) is 5.26 Å². The summed E-state index contributed by atoms with van der Waals surface area (Å²) in [5.41, 5.74) is -0.121. The number of hydrogen-bond donors (Lipinski definition) is 2. The molecule has 2 N–H and O–H groups in total. The lowest BCUT2D eigenvalue weighted by Crippen LogP contribution is -2.44. The molecule has 5 rings (SSSR count). The molecule has 2 aromatic heterocycles. The summed E-state index contributed by atoms with van der Waals surface area (Å²) in [4.78, 5) is 25.4. The Balaban J connectivity index is 1.39. The van der Waals surface area contributed by atoms with Crippen molar-refractivity contribution in [2.75, 3.05) is 25.1 Å². The summed E-state index contributed by atoms with van der Waals surface area (Å²) in [7, 11) is -2.97. The first kappa shape index (κ1) is 23.5. The van der Waals surface area contributed by atoms with Gasteiger partial charge in [0.15, 0.2) is 23.2 Å². The summed E-state index contributed by atoms with van der Waals surface area (Å²) in [6, 6.07) is 10.6. The number of benzene rings is 1. The molecule has 14 heteroatoms. The van der Waals surface area contributed by atoms with Crippen LogP contribution in [0.1, 0.15) is 23.0 Å². The summed E-state index contributed by atoms with van der Waals surface area (Å²) >= 11 is 0. The average molecular weight is 500 g/mol. The van der Waals surface area contributed by atoms with Gasteiger partial charge in [-0.25, -0.2) is 15.0 Å². The van der Waals surface area contributed by atoms with Crippen LogP contribution in [0.3, 0.4) is 0 Å². The SMILES string of the molecule is N#CCCO[PH](=O)O[C@H]1[C@H]2OC[C@]1(CO)O[C@H]2n1cnc2c(NC(=O)c3ccccc3)ncnc21. The Bertz CT molecular complexity index is 1300. The van der Waals surface area contributed by atoms with Gasteiger partial charge in [0, 0.05) is 5.56 Å². The fourth-order valence-electron chi connectivity index (χ4n) is 4.13. The highest BCUT2D eigenvalue weighted by molar-refractivity contribution is 7.33. The van der Waals surface area contributed by atoms with Crippen molar-refractivity contribution in [3.63, 3.8) is 0 Å². The second kappa shape index (κ2) is 9.79. The van der Waals surface area contributed by atoms with E-state index in [4.69, 9.17) is 23.8 Å². The van der Waals surface area contributed by atoms with Crippen LogP contribution >= 0.6 is 8.25 Å². The Morgan fingerprint density at radius 2 is 2.17 bits per heavy atom. The lowest BCUT2D eigenvalue weighted by Gasteiger charge is -2.29. The number of nitriles is 1. The van der Waals surface area contributed by atoms with E-state index in [-0.39, 0.29) is 31.4 Å². The van der Waals surface area contributed by atoms with Crippen molar-refractivity contribution < 1.29 is 33.0 Å². The molecule has 35 heavy (non-hydrogen) atoms. The van der Waals surface area contributed by atoms with Crippen molar-refractivity contribution in [2.45, 2.75) is 30.5 Å². The topological polar surface area (TPSA) is 171 Å². The van der Waals surface area contributed by atoms with E-state index < -0.39 is 38.9 Å². The number of nitrogens with one attached hydrogen (secondary N) is 1. The number of carbonyl (C=O) groups is 1. The minimum Gasteiger partial charge on any atom is -0.393 e. The van der Waals surface area contributed by atoms with E-state index in [1.807, 2.05) is 12.1 Å². The molecular weight excluding hydrogens is 479 g/mol. The smallest absolute Gasteiger partial charge is 0.319 e. The van der Waals surface area contributed by atoms with Gasteiger partial charge in [0.25, 0.3) is 5.91 Å². The zero-order valence-corrected chi connectivity index (χ0v) is 19.2. The Morgan fingerprint density at radius 1 is 1.34 bits per heavy atom. The Labute approximate surface area is 199 Å². The molecule has 0 radical (unpaired) electrons. The summed E-state index contributed by atoms with van der Waals surface area (Å²) in [6.45, 7) is -0.454. The fraction of sp³-hybridized carbons (Fsp3) is 0.381. The number of anilines is 1. The molecule has 2 saturated heterocycles. The van der Waals surface area contributed by atoms with Crippen molar-refractivity contribution in [3.8, 4) is 6.07 Å². The number of fused-ring (bicyclic) bond motifs is 3. The molecule has 1 unspecified atom stereocenters. The minimum absolute atomic E-state index is 0.0304. The van der Waals surface area contributed by atoms with Gasteiger partial charge in [-0.05, 0) is 12.1 Å². The van der Waals surface area contributed by atoms with Crippen molar-refractivity contribution >= 4 is 31.1 Å². The number of aliphatic hydroxyl groups is 1. The molecule has 4 heterocycles. The monoisotopic (exact) mass is 500 g/mol. The number of ether oxygens (including phenoxy) is 2. The third kappa shape index (κ3) is 4.32. The molecule has 5 atom stereocenters. The van der Waals surface area contributed by atoms with Gasteiger partial charge < -0.3 is 28.9 Å². The zero-order chi connectivity index (χ0) is 24.4. The third-order valence-corrected chi connectivity index (χ3v) is 6.69. The lowest BCUT2D eigenvalue weighted by molar-refractivity contribution is -0.184. The molecule has 3 aromatic rings. The van der Waals surface area contributed by atoms with Gasteiger partial charge in [0.2, 0.25) is 0 Å². The van der Waals surface area contributed by atoms with Crippen LogP contribution in [0.25, 0.3) is 11.2 Å². The predicted molar refractivity (Wildman–Crippen MR) is 119 cm³/mol. The molecule has 2 fully saturated rings. The summed E-state index contributed by atoms with van der Waals surface area (Å²) in [5.74, 6) is -0.138. The standard InChI is InChI=1S/C21H21N6O7P/c22-7-4-8-32-35(30)34-16-15-20(33-21(16,9-28)10-31-15)27-12-25-14-17(23-11-24-18(14)27)26-19(29)13-5-2-1-3-6-13/h1-3,5-6,11-12,15-16,20,28,35H,4,8-10H2,(H,23,24,26,29)/t15-,16+,20-,21+/m1/s1. The van der Waals surface area contributed by atoms with E-state index in [1.165, 1.54) is 12.7 Å². The molecule has 13 nitrogen and oxygen atoms in total. The highest BCUT2D eigenvalue weighted by Gasteiger charge is 2.63. The van der Waals surface area contributed by atoms with Crippen LogP contribution in [0.5, 0.6) is 0 Å². The number of aliphatic hydroxyl groups excluding tert-OH is 1. The normalized spacial score (nSPS) is 26.0. The van der Waals surface area contributed by atoms with Crippen LogP contribution in [0.2, 0.25) is 0 Å². The molecule has 2 bridgehead atoms. The number of imidazole rings is 1. The number of amides is 1. The van der Waals surface area contributed by atoms with E-state index in [2.05, 4.69) is 20.3 Å². The van der Waals surface area contributed by atoms with E-state index in [0.29, 0.717) is 16.7 Å². The van der Waals surface area contributed by atoms with Crippen LogP contribution in [-0.2, 0) is 23.1 Å². The van der Waals surface area contributed by atoms with Crippen molar-refractivity contribution in [3.05, 3.63) is 48.5 Å². The Morgan fingerprint density at radius 3 is 2.94 bits per heavy atom. The van der Waals surface area contributed by atoms with Gasteiger partial charge in [-0.3, -0.25) is 13.9 Å². The maximum Gasteiger partial charge on any atom is 0.319 e. The largest absolute Gasteiger partial charge is 0.393 e. The Hall–Kier alpha value is -3.24. The first-order chi connectivity index (χ1) is 17.1. The highest BCUT2D eigenvalue weighted by Crippen LogP contribution is 2.50. The van der Waals surface area contributed by atoms with Gasteiger partial charge in [-0.15, -0.1) is 0 Å². The quantitative estimate of drug-likeness (QED) is 0.322. The fourth-order valence-corrected chi connectivity index (χ4v) is 5.02. The van der Waals surface area contributed by atoms with E-state index in [0.717, 1.165) is 0 Å². The molecule has 0 spiro atoms. The maximum atomic E-state index is 12.6. The van der Waals surface area contributed by atoms with Crippen LogP contribution in [0.15, 0.2) is 43.0 Å². The zero-order valence-electron chi connectivity index (χ0n) is 18.2. The van der Waals surface area contributed by atoms with E-state index in [1.54, 1.807) is 28.8 Å². The number of carbonyl (C=O) groups excluding carboxylic acids is 1. The first-order valence-electron chi connectivity index (χ1n) is 10.7. The van der Waals surface area contributed by atoms with Gasteiger partial charge in [0.1, 0.15) is 24.1 Å². The molecule has 0 saturated carbocycles. The molecule has 2 aliphatic heterocycles. The summed E-state index contributed by atoms with van der Waals surface area (Å²) in [5, 5.41) is 21.4. The number of hydrogen-bond acceptors (Lipinski definition) is 11. The molecule has 1 amide bonds. The van der Waals surface area contributed by atoms with Crippen molar-refractivity contribution in [1.29, 1.82) is 5.26 Å². The predicted octanol–water partition coefficient (Wildman–Crippen LogP) is 1.44. The van der Waals surface area contributed by atoms with Gasteiger partial charge >= 0.3 is 8.25 Å². The van der Waals surface area contributed by atoms with Gasteiger partial charge in [-0.1, -0.05) is 18.2 Å². The van der Waals surface area contributed by atoms with Crippen LogP contribution in [-0.4, -0.2) is 68.2 Å². The maximum absolute atomic E-state index is 12.6. The number of rotatable bonds is 9. The van der Waals surface area contributed by atoms with Crippen LogP contribution < -0.4 is 5.32 Å². The molecule has 1 aromatic carbocycles. The molecule has 2 aliphatic rings. The van der Waals surface area contributed by atoms with Crippen molar-refractivity contribution in [2.24, 2.45) is 0 Å². The molecule has 182 valence electrons.